The van der Waals surface area contributed by atoms with E-state index < -0.39 is 34.5 Å². The Bertz CT molecular complexity index is 1240. The van der Waals surface area contributed by atoms with Crippen LogP contribution in [0.25, 0.3) is 5.69 Å². The van der Waals surface area contributed by atoms with Crippen molar-refractivity contribution in [3.05, 3.63) is 79.7 Å². The average molecular weight is 440 g/mol. The van der Waals surface area contributed by atoms with E-state index in [0.717, 1.165) is 18.4 Å². The van der Waals surface area contributed by atoms with E-state index in [0.29, 0.717) is 36.5 Å². The van der Waals surface area contributed by atoms with Gasteiger partial charge in [0.25, 0.3) is 5.56 Å². The van der Waals surface area contributed by atoms with E-state index in [1.807, 2.05) is 0 Å². The van der Waals surface area contributed by atoms with Crippen LogP contribution in [0, 0.1) is 11.6 Å². The first kappa shape index (κ1) is 17.4. The summed E-state index contributed by atoms with van der Waals surface area (Å²) in [5.74, 6) is -2.45. The number of halogens is 4. The van der Waals surface area contributed by atoms with Crippen LogP contribution in [0.1, 0.15) is 32.5 Å². The van der Waals surface area contributed by atoms with Crippen LogP contribution >= 0.6 is 23.2 Å². The first-order chi connectivity index (χ1) is 14.7. The maximum atomic E-state index is 14.1. The summed E-state index contributed by atoms with van der Waals surface area (Å²) in [6, 6.07) is 3.50. The quantitative estimate of drug-likeness (QED) is 0.556. The number of pyridine rings is 3. The van der Waals surface area contributed by atoms with Crippen molar-refractivity contribution < 1.29 is 16.3 Å². The van der Waals surface area contributed by atoms with Gasteiger partial charge in [-0.25, -0.2) is 13.8 Å². The molecule has 0 amide bonds. The Hall–Kier alpha value is -2.51. The molecule has 4 rings (SSSR count). The Morgan fingerprint density at radius 2 is 1.93 bits per heavy atom. The van der Waals surface area contributed by atoms with Gasteiger partial charge < -0.3 is 4.74 Å². The fourth-order valence-electron chi connectivity index (χ4n) is 3.20. The van der Waals surface area contributed by atoms with Gasteiger partial charge >= 0.3 is 0 Å². The largest absolute Gasteiger partial charge is 0.485 e. The van der Waals surface area contributed by atoms with Crippen molar-refractivity contribution in [3.8, 4) is 11.4 Å². The van der Waals surface area contributed by atoms with E-state index in [2.05, 4.69) is 9.97 Å². The summed E-state index contributed by atoms with van der Waals surface area (Å²) in [4.78, 5) is 20.7. The van der Waals surface area contributed by atoms with Gasteiger partial charge in [0.1, 0.15) is 34.0 Å². The molecule has 1 aliphatic heterocycles. The first-order valence-corrected chi connectivity index (χ1v) is 9.53. The second-order valence-corrected chi connectivity index (χ2v) is 7.25. The number of ether oxygens (including phenoxy) is 1. The van der Waals surface area contributed by atoms with Crippen molar-refractivity contribution in [1.82, 2.24) is 14.5 Å². The number of aromatic nitrogens is 3. The molecule has 9 heteroatoms. The monoisotopic (exact) mass is 439 g/mol. The van der Waals surface area contributed by atoms with Crippen molar-refractivity contribution >= 4 is 23.2 Å². The predicted molar refractivity (Wildman–Crippen MR) is 105 cm³/mol. The molecule has 0 N–H and O–H groups in total. The fraction of sp³-hybridized carbons (Fsp3) is 0.250. The van der Waals surface area contributed by atoms with Crippen LogP contribution in [0.3, 0.4) is 0 Å². The molecule has 0 aliphatic carbocycles. The summed E-state index contributed by atoms with van der Waals surface area (Å²) in [7, 11) is 0. The summed E-state index contributed by atoms with van der Waals surface area (Å²) in [5.41, 5.74) is 0.492. The van der Waals surface area contributed by atoms with Crippen LogP contribution in [0.15, 0.2) is 35.4 Å². The van der Waals surface area contributed by atoms with E-state index in [9.17, 15) is 13.6 Å². The third kappa shape index (κ3) is 3.97. The lowest BCUT2D eigenvalue weighted by atomic mass is 10.0. The summed E-state index contributed by atoms with van der Waals surface area (Å²) < 4.78 is 50.1. The zero-order valence-electron chi connectivity index (χ0n) is 16.9. The molecular weight excluding hydrogens is 423 g/mol. The molecule has 0 spiro atoms. The van der Waals surface area contributed by atoms with Crippen molar-refractivity contribution in [3.63, 3.8) is 0 Å². The molecule has 1 aliphatic rings. The van der Waals surface area contributed by atoms with Gasteiger partial charge in [-0.05, 0) is 37.3 Å². The van der Waals surface area contributed by atoms with Gasteiger partial charge in [0, 0.05) is 24.0 Å². The second-order valence-electron chi connectivity index (χ2n) is 6.49. The number of hydrogen-bond acceptors (Lipinski definition) is 4. The van der Waals surface area contributed by atoms with E-state index >= 15 is 0 Å². The summed E-state index contributed by atoms with van der Waals surface area (Å²) in [5, 5.41) is -0.183. The molecule has 3 aromatic rings. The van der Waals surface area contributed by atoms with E-state index in [-0.39, 0.29) is 10.9 Å². The highest BCUT2D eigenvalue weighted by Gasteiger charge is 2.20. The van der Waals surface area contributed by atoms with Gasteiger partial charge in [0.05, 0.1) is 14.6 Å². The molecule has 0 atom stereocenters. The molecule has 0 fully saturated rings. The minimum absolute atomic E-state index is 0.211. The second kappa shape index (κ2) is 8.08. The topological polar surface area (TPSA) is 57.0 Å². The normalized spacial score (nSPS) is 14.8. The predicted octanol–water partition coefficient (Wildman–Crippen LogP) is 4.67. The number of rotatable bonds is 3. The summed E-state index contributed by atoms with van der Waals surface area (Å²) in [6.45, 7) is -2.81. The van der Waals surface area contributed by atoms with Crippen LogP contribution in [-0.4, -0.2) is 14.5 Å². The Labute approximate surface area is 177 Å². The van der Waals surface area contributed by atoms with E-state index in [1.165, 1.54) is 10.6 Å². The first-order valence-electron chi connectivity index (χ1n) is 9.77. The van der Waals surface area contributed by atoms with Crippen LogP contribution < -0.4 is 10.3 Å². The van der Waals surface area contributed by atoms with Gasteiger partial charge in [-0.2, -0.15) is 0 Å². The van der Waals surface area contributed by atoms with Gasteiger partial charge in [-0.15, -0.1) is 0 Å². The third-order valence-electron chi connectivity index (χ3n) is 4.56. The van der Waals surface area contributed by atoms with Crippen LogP contribution in [0.2, 0.25) is 10.2 Å². The molecule has 29 heavy (non-hydrogen) atoms. The van der Waals surface area contributed by atoms with E-state index in [4.69, 9.17) is 30.7 Å². The molecule has 0 bridgehead atoms. The minimum atomic E-state index is -2.81. The Kier molecular flexibility index (Phi) is 4.84. The summed E-state index contributed by atoms with van der Waals surface area (Å²) >= 11 is 12.3. The SMILES string of the molecule is [2H]C([2H])(Oc1cc2n(c(=O)c1Cl)-c1cc(Cl)ncc1CCCC2)c1ncc(F)cc1F. The Morgan fingerprint density at radius 1 is 1.14 bits per heavy atom. The van der Waals surface area contributed by atoms with Crippen molar-refractivity contribution in [2.75, 3.05) is 0 Å². The van der Waals surface area contributed by atoms with Gasteiger partial charge in [0.2, 0.25) is 0 Å². The molecule has 150 valence electrons. The Balaban J connectivity index is 1.83. The minimum Gasteiger partial charge on any atom is -0.485 e. The van der Waals surface area contributed by atoms with Gasteiger partial charge in [-0.1, -0.05) is 23.2 Å². The highest BCUT2D eigenvalue weighted by Crippen LogP contribution is 2.29. The molecule has 0 saturated heterocycles. The molecule has 4 heterocycles. The van der Waals surface area contributed by atoms with E-state index in [1.54, 1.807) is 12.3 Å². The van der Waals surface area contributed by atoms with Crippen molar-refractivity contribution in [2.45, 2.75) is 32.2 Å². The van der Waals surface area contributed by atoms with Crippen molar-refractivity contribution in [1.29, 1.82) is 0 Å². The maximum absolute atomic E-state index is 14.1. The molecule has 3 aromatic heterocycles. The smallest absolute Gasteiger partial charge is 0.277 e. The lowest BCUT2D eigenvalue weighted by Gasteiger charge is -2.21. The van der Waals surface area contributed by atoms with Crippen LogP contribution in [-0.2, 0) is 19.4 Å². The van der Waals surface area contributed by atoms with Crippen molar-refractivity contribution in [2.24, 2.45) is 0 Å². The molecule has 0 radical (unpaired) electrons. The molecule has 0 aromatic carbocycles. The average Bonchev–Trinajstić information content (AvgIpc) is 2.68. The summed E-state index contributed by atoms with van der Waals surface area (Å²) in [6.07, 6.45) is 5.08. The number of aryl methyl sites for hydroxylation is 2. The highest BCUT2D eigenvalue weighted by molar-refractivity contribution is 6.32. The highest BCUT2D eigenvalue weighted by atomic mass is 35.5. The number of fused-ring (bicyclic) bond motifs is 3. The molecule has 5 nitrogen and oxygen atoms in total. The lowest BCUT2D eigenvalue weighted by Crippen LogP contribution is -2.25. The molecule has 0 unspecified atom stereocenters. The standard InChI is InChI=1S/C20H15Cl2F2N3O2/c21-18-7-16-11(8-26-18)3-1-2-4-13-6-17(19(22)20(28)27(13)16)29-10-15-14(24)5-12(23)9-25-15/h5-9H,1-4,10H2/i10D2. The molecular formula is C20H15Cl2F2N3O2. The Morgan fingerprint density at radius 3 is 2.72 bits per heavy atom. The van der Waals surface area contributed by atoms with Gasteiger partial charge in [0.15, 0.2) is 5.82 Å². The zero-order chi connectivity index (χ0) is 22.3. The third-order valence-corrected chi connectivity index (χ3v) is 5.11. The zero-order valence-corrected chi connectivity index (χ0v) is 16.4. The number of nitrogens with zero attached hydrogens (tertiary/aromatic N) is 3. The fourth-order valence-corrected chi connectivity index (χ4v) is 3.53. The van der Waals surface area contributed by atoms with Gasteiger partial charge in [-0.3, -0.25) is 14.3 Å². The van der Waals surface area contributed by atoms with Crippen LogP contribution in [0.5, 0.6) is 5.75 Å². The lowest BCUT2D eigenvalue weighted by molar-refractivity contribution is 0.292. The number of hydrogen-bond donors (Lipinski definition) is 0. The van der Waals surface area contributed by atoms with Crippen LogP contribution in [0.4, 0.5) is 8.78 Å². The maximum Gasteiger partial charge on any atom is 0.277 e. The molecule has 0 saturated carbocycles.